The number of nitrogens with one attached hydrogen (secondary N) is 1. The first-order valence-electron chi connectivity index (χ1n) is 7.79. The molecule has 0 saturated heterocycles. The van der Waals surface area contributed by atoms with E-state index in [4.69, 9.17) is 15.2 Å². The molecule has 1 aromatic rings. The van der Waals surface area contributed by atoms with Crippen LogP contribution in [0, 0.1) is 12.8 Å². The number of primary amides is 1. The third-order valence-corrected chi connectivity index (χ3v) is 3.18. The summed E-state index contributed by atoms with van der Waals surface area (Å²) >= 11 is 0. The lowest BCUT2D eigenvalue weighted by molar-refractivity contribution is -0.158. The van der Waals surface area contributed by atoms with E-state index in [1.165, 1.54) is 0 Å². The number of hydrogen-bond donors (Lipinski definition) is 2. The quantitative estimate of drug-likeness (QED) is 0.557. The molecule has 0 aliphatic heterocycles. The maximum absolute atomic E-state index is 11.8. The highest BCUT2D eigenvalue weighted by atomic mass is 16.5. The summed E-state index contributed by atoms with van der Waals surface area (Å²) in [5.41, 5.74) is 6.04. The standard InChI is InChI=1S/C17H24N2O5/c1-11(2)15(16(21)19-17(18)22)24-14(20)5-4-10-23-13-8-6-12(3)7-9-13/h6-9,11,15H,4-5,10H2,1-3H3,(H3,18,19,21,22)/t15-/m0/s1. The van der Waals surface area contributed by atoms with Gasteiger partial charge in [0.1, 0.15) is 5.75 Å². The predicted octanol–water partition coefficient (Wildman–Crippen LogP) is 1.92. The number of nitrogens with two attached hydrogens (primary N) is 1. The van der Waals surface area contributed by atoms with E-state index < -0.39 is 24.0 Å². The molecule has 1 aromatic carbocycles. The Labute approximate surface area is 141 Å². The van der Waals surface area contributed by atoms with Gasteiger partial charge in [-0.2, -0.15) is 0 Å². The van der Waals surface area contributed by atoms with Crippen molar-refractivity contribution < 1.29 is 23.9 Å². The Morgan fingerprint density at radius 1 is 1.17 bits per heavy atom. The van der Waals surface area contributed by atoms with E-state index >= 15 is 0 Å². The fourth-order valence-corrected chi connectivity index (χ4v) is 1.93. The van der Waals surface area contributed by atoms with Crippen molar-refractivity contribution in [1.82, 2.24) is 5.32 Å². The van der Waals surface area contributed by atoms with E-state index in [2.05, 4.69) is 0 Å². The molecular formula is C17H24N2O5. The molecule has 0 unspecified atom stereocenters. The SMILES string of the molecule is Cc1ccc(OCCCC(=O)O[C@H](C(=O)NC(N)=O)C(C)C)cc1. The first-order chi connectivity index (χ1) is 11.3. The Balaban J connectivity index is 2.36. The first kappa shape index (κ1) is 19.5. The molecule has 0 spiro atoms. The van der Waals surface area contributed by atoms with Crippen molar-refractivity contribution in [3.05, 3.63) is 29.8 Å². The maximum Gasteiger partial charge on any atom is 0.318 e. The molecule has 0 heterocycles. The molecule has 0 bridgehead atoms. The van der Waals surface area contributed by atoms with Crippen molar-refractivity contribution in [2.24, 2.45) is 11.7 Å². The van der Waals surface area contributed by atoms with Crippen LogP contribution in [0.25, 0.3) is 0 Å². The highest BCUT2D eigenvalue weighted by molar-refractivity contribution is 5.96. The summed E-state index contributed by atoms with van der Waals surface area (Å²) in [5.74, 6) is -0.797. The largest absolute Gasteiger partial charge is 0.494 e. The summed E-state index contributed by atoms with van der Waals surface area (Å²) < 4.78 is 10.6. The van der Waals surface area contributed by atoms with Crippen LogP contribution in [0.4, 0.5) is 4.79 Å². The molecule has 3 N–H and O–H groups in total. The summed E-state index contributed by atoms with van der Waals surface area (Å²) in [6.07, 6.45) is -0.489. The second kappa shape index (κ2) is 9.54. The van der Waals surface area contributed by atoms with E-state index in [0.717, 1.165) is 11.3 Å². The van der Waals surface area contributed by atoms with Crippen LogP contribution in [0.1, 0.15) is 32.3 Å². The van der Waals surface area contributed by atoms with Crippen molar-refractivity contribution >= 4 is 17.9 Å². The number of carbonyl (C=O) groups excluding carboxylic acids is 3. The third-order valence-electron chi connectivity index (χ3n) is 3.18. The number of amides is 3. The second-order valence-corrected chi connectivity index (χ2v) is 5.77. The molecule has 0 aliphatic carbocycles. The molecule has 0 aromatic heterocycles. The zero-order valence-corrected chi connectivity index (χ0v) is 14.2. The van der Waals surface area contributed by atoms with E-state index in [9.17, 15) is 14.4 Å². The predicted molar refractivity (Wildman–Crippen MR) is 88.4 cm³/mol. The van der Waals surface area contributed by atoms with Crippen LogP contribution >= 0.6 is 0 Å². The topological polar surface area (TPSA) is 108 Å². The Hall–Kier alpha value is -2.57. The van der Waals surface area contributed by atoms with Gasteiger partial charge in [-0.1, -0.05) is 31.5 Å². The summed E-state index contributed by atoms with van der Waals surface area (Å²) in [4.78, 5) is 34.3. The van der Waals surface area contributed by atoms with E-state index in [1.807, 2.05) is 36.5 Å². The molecule has 24 heavy (non-hydrogen) atoms. The van der Waals surface area contributed by atoms with Crippen molar-refractivity contribution in [2.75, 3.05) is 6.61 Å². The minimum absolute atomic E-state index is 0.110. The Morgan fingerprint density at radius 2 is 1.79 bits per heavy atom. The lowest BCUT2D eigenvalue weighted by atomic mass is 10.1. The lowest BCUT2D eigenvalue weighted by Crippen LogP contribution is -2.45. The number of imide groups is 1. The van der Waals surface area contributed by atoms with Crippen molar-refractivity contribution in [1.29, 1.82) is 0 Å². The normalized spacial score (nSPS) is 11.7. The van der Waals surface area contributed by atoms with Gasteiger partial charge in [0.15, 0.2) is 6.10 Å². The summed E-state index contributed by atoms with van der Waals surface area (Å²) in [6, 6.07) is 6.61. The number of benzene rings is 1. The van der Waals surface area contributed by atoms with Gasteiger partial charge in [0.05, 0.1) is 6.61 Å². The highest BCUT2D eigenvalue weighted by Crippen LogP contribution is 2.13. The van der Waals surface area contributed by atoms with Crippen LogP contribution in [-0.4, -0.2) is 30.6 Å². The molecular weight excluding hydrogens is 312 g/mol. The van der Waals surface area contributed by atoms with E-state index in [-0.39, 0.29) is 12.3 Å². The number of rotatable bonds is 8. The minimum atomic E-state index is -1.05. The van der Waals surface area contributed by atoms with Gasteiger partial charge < -0.3 is 15.2 Å². The van der Waals surface area contributed by atoms with Crippen LogP contribution in [0.5, 0.6) is 5.75 Å². The van der Waals surface area contributed by atoms with Crippen molar-refractivity contribution in [2.45, 2.75) is 39.7 Å². The van der Waals surface area contributed by atoms with Gasteiger partial charge in [0.25, 0.3) is 5.91 Å². The molecule has 132 valence electrons. The fraction of sp³-hybridized carbons (Fsp3) is 0.471. The summed E-state index contributed by atoms with van der Waals surface area (Å²) in [6.45, 7) is 5.76. The Bertz CT molecular complexity index is 569. The molecule has 1 rings (SSSR count). The summed E-state index contributed by atoms with van der Waals surface area (Å²) in [5, 5.41) is 1.92. The number of urea groups is 1. The van der Waals surface area contributed by atoms with Crippen molar-refractivity contribution in [3.8, 4) is 5.75 Å². The average molecular weight is 336 g/mol. The number of hydrogen-bond acceptors (Lipinski definition) is 5. The minimum Gasteiger partial charge on any atom is -0.494 e. The van der Waals surface area contributed by atoms with Gasteiger partial charge in [-0.3, -0.25) is 14.9 Å². The van der Waals surface area contributed by atoms with Crippen LogP contribution < -0.4 is 15.8 Å². The van der Waals surface area contributed by atoms with Crippen LogP contribution in [-0.2, 0) is 14.3 Å². The number of aryl methyl sites for hydroxylation is 1. The molecule has 0 saturated carbocycles. The Morgan fingerprint density at radius 3 is 2.33 bits per heavy atom. The lowest BCUT2D eigenvalue weighted by Gasteiger charge is -2.19. The highest BCUT2D eigenvalue weighted by Gasteiger charge is 2.27. The zero-order valence-electron chi connectivity index (χ0n) is 14.2. The van der Waals surface area contributed by atoms with Gasteiger partial charge in [-0.05, 0) is 31.4 Å². The van der Waals surface area contributed by atoms with Gasteiger partial charge in [0, 0.05) is 6.42 Å². The van der Waals surface area contributed by atoms with Gasteiger partial charge in [0.2, 0.25) is 0 Å². The Kier molecular flexibility index (Phi) is 7.74. The molecule has 0 radical (unpaired) electrons. The number of carbonyl (C=O) groups is 3. The van der Waals surface area contributed by atoms with Crippen LogP contribution in [0.3, 0.4) is 0 Å². The van der Waals surface area contributed by atoms with Gasteiger partial charge in [-0.25, -0.2) is 4.79 Å². The van der Waals surface area contributed by atoms with E-state index in [0.29, 0.717) is 13.0 Å². The van der Waals surface area contributed by atoms with Gasteiger partial charge >= 0.3 is 12.0 Å². The number of ether oxygens (including phenoxy) is 2. The van der Waals surface area contributed by atoms with Crippen LogP contribution in [0.2, 0.25) is 0 Å². The molecule has 0 aliphatic rings. The summed E-state index contributed by atoms with van der Waals surface area (Å²) in [7, 11) is 0. The molecule has 1 atom stereocenters. The fourth-order valence-electron chi connectivity index (χ4n) is 1.93. The monoisotopic (exact) mass is 336 g/mol. The second-order valence-electron chi connectivity index (χ2n) is 5.77. The zero-order chi connectivity index (χ0) is 18.1. The third kappa shape index (κ3) is 7.13. The van der Waals surface area contributed by atoms with Crippen molar-refractivity contribution in [3.63, 3.8) is 0 Å². The van der Waals surface area contributed by atoms with Gasteiger partial charge in [-0.15, -0.1) is 0 Å². The molecule has 7 heteroatoms. The van der Waals surface area contributed by atoms with E-state index in [1.54, 1.807) is 13.8 Å². The maximum atomic E-state index is 11.8. The average Bonchev–Trinajstić information content (AvgIpc) is 2.49. The molecule has 7 nitrogen and oxygen atoms in total. The smallest absolute Gasteiger partial charge is 0.318 e. The number of esters is 1. The van der Waals surface area contributed by atoms with Crippen LogP contribution in [0.15, 0.2) is 24.3 Å². The molecule has 3 amide bonds. The molecule has 0 fully saturated rings. The first-order valence-corrected chi connectivity index (χ1v) is 7.79.